The van der Waals surface area contributed by atoms with Crippen molar-refractivity contribution in [2.75, 3.05) is 0 Å². The highest BCUT2D eigenvalue weighted by atomic mass is 19.2. The number of ether oxygens (including phenoxy) is 1. The van der Waals surface area contributed by atoms with Crippen LogP contribution >= 0.6 is 0 Å². The first-order valence-electron chi connectivity index (χ1n) is 15.3. The second-order valence-electron chi connectivity index (χ2n) is 12.3. The lowest BCUT2D eigenvalue weighted by molar-refractivity contribution is -0.140. The van der Waals surface area contributed by atoms with Gasteiger partial charge >= 0.3 is 5.97 Å². The van der Waals surface area contributed by atoms with Crippen LogP contribution < -0.4 is 4.74 Å². The van der Waals surface area contributed by atoms with Crippen LogP contribution in [0.25, 0.3) is 0 Å². The first-order valence-corrected chi connectivity index (χ1v) is 15.3. The van der Waals surface area contributed by atoms with Crippen molar-refractivity contribution in [2.24, 2.45) is 35.5 Å². The highest BCUT2D eigenvalue weighted by Gasteiger charge is 2.39. The van der Waals surface area contributed by atoms with Gasteiger partial charge in [-0.05, 0) is 119 Å². The molecule has 2 nitrogen and oxygen atoms in total. The Morgan fingerprint density at radius 3 is 2.30 bits per heavy atom. The van der Waals surface area contributed by atoms with E-state index >= 15 is 0 Å². The second-order valence-corrected chi connectivity index (χ2v) is 12.3. The van der Waals surface area contributed by atoms with E-state index < -0.39 is 17.6 Å². The molecule has 3 aliphatic carbocycles. The van der Waals surface area contributed by atoms with Gasteiger partial charge in [-0.2, -0.15) is 4.39 Å². The fourth-order valence-electron chi connectivity index (χ4n) is 7.66. The summed E-state index contributed by atoms with van der Waals surface area (Å²) in [4.78, 5) is 12.8. The Kier molecular flexibility index (Phi) is 10.6. The van der Waals surface area contributed by atoms with Crippen molar-refractivity contribution in [3.8, 4) is 5.75 Å². The number of carbonyl (C=O) groups excluding carboxylic acids is 1. The van der Waals surface area contributed by atoms with Gasteiger partial charge in [-0.3, -0.25) is 4.79 Å². The zero-order chi connectivity index (χ0) is 26.2. The molecule has 1 aromatic carbocycles. The molecule has 1 aromatic rings. The maximum absolute atomic E-state index is 14.6. The number of fused-ring (bicyclic) bond motifs is 1. The van der Waals surface area contributed by atoms with Gasteiger partial charge in [0, 0.05) is 0 Å². The minimum atomic E-state index is -1.04. The van der Waals surface area contributed by atoms with Crippen LogP contribution in [-0.4, -0.2) is 5.97 Å². The molecule has 37 heavy (non-hydrogen) atoms. The van der Waals surface area contributed by atoms with Gasteiger partial charge in [0.1, 0.15) is 0 Å². The number of hydrogen-bond donors (Lipinski definition) is 0. The zero-order valence-electron chi connectivity index (χ0n) is 23.2. The monoisotopic (exact) mass is 514 g/mol. The summed E-state index contributed by atoms with van der Waals surface area (Å²) in [6.45, 7) is 4.19. The number of unbranched alkanes of at least 4 members (excludes halogenated alkanes) is 2. The Labute approximate surface area is 223 Å². The largest absolute Gasteiger partial charge is 0.423 e. The normalized spacial score (nSPS) is 30.3. The summed E-state index contributed by atoms with van der Waals surface area (Å²) in [5.74, 6) is 1.53. The number of esters is 1. The molecule has 0 N–H and O–H groups in total. The van der Waals surface area contributed by atoms with Crippen molar-refractivity contribution in [3.63, 3.8) is 0 Å². The minimum Gasteiger partial charge on any atom is -0.423 e. The van der Waals surface area contributed by atoms with Gasteiger partial charge in [-0.1, -0.05) is 57.2 Å². The number of aryl methyl sites for hydroxylation is 1. The Morgan fingerprint density at radius 2 is 1.57 bits per heavy atom. The number of carbonyl (C=O) groups is 1. The Bertz CT molecular complexity index is 902. The molecule has 3 saturated carbocycles. The van der Waals surface area contributed by atoms with Gasteiger partial charge in [0.25, 0.3) is 0 Å². The predicted molar refractivity (Wildman–Crippen MR) is 146 cm³/mol. The van der Waals surface area contributed by atoms with Crippen LogP contribution in [0, 0.1) is 47.1 Å². The lowest BCUT2D eigenvalue weighted by Crippen LogP contribution is -2.35. The van der Waals surface area contributed by atoms with Crippen LogP contribution in [0.3, 0.4) is 0 Å². The average Bonchev–Trinajstić information content (AvgIpc) is 2.92. The average molecular weight is 515 g/mol. The van der Waals surface area contributed by atoms with E-state index in [1.807, 2.05) is 19.1 Å². The van der Waals surface area contributed by atoms with Crippen molar-refractivity contribution in [2.45, 2.75) is 117 Å². The number of allylic oxidation sites excluding steroid dienone is 2. The summed E-state index contributed by atoms with van der Waals surface area (Å²) >= 11 is 0. The Hall–Kier alpha value is -1.71. The summed E-state index contributed by atoms with van der Waals surface area (Å²) in [6.07, 6.45) is 22.6. The van der Waals surface area contributed by atoms with Crippen LogP contribution in [0.15, 0.2) is 24.3 Å². The third-order valence-corrected chi connectivity index (χ3v) is 9.90. The smallest absolute Gasteiger partial charge is 0.314 e. The van der Waals surface area contributed by atoms with E-state index in [-0.39, 0.29) is 11.7 Å². The Balaban J connectivity index is 1.22. The first-order chi connectivity index (χ1) is 18.0. The standard InChI is InChI=1S/C33H48F2O2/c1-3-5-7-9-23-11-12-29-22-28(18-17-27(29)21-23)24-13-15-26(16-14-24)33(36)37-30-20-19-25(10-8-6-4-2)31(34)32(30)35/h4,6,19-20,23-24,26-29H,3,5,7-18,21-22H2,1-2H3/b6-4+. The van der Waals surface area contributed by atoms with Gasteiger partial charge in [0.2, 0.25) is 5.82 Å². The van der Waals surface area contributed by atoms with Crippen molar-refractivity contribution in [1.82, 2.24) is 0 Å². The van der Waals surface area contributed by atoms with Crippen molar-refractivity contribution in [3.05, 3.63) is 41.5 Å². The van der Waals surface area contributed by atoms with E-state index in [9.17, 15) is 13.6 Å². The van der Waals surface area contributed by atoms with E-state index in [0.29, 0.717) is 24.3 Å². The highest BCUT2D eigenvalue weighted by Crippen LogP contribution is 2.49. The van der Waals surface area contributed by atoms with Crippen molar-refractivity contribution >= 4 is 5.97 Å². The van der Waals surface area contributed by atoms with Gasteiger partial charge in [-0.15, -0.1) is 0 Å². The van der Waals surface area contributed by atoms with Crippen LogP contribution in [0.5, 0.6) is 5.75 Å². The molecular formula is C33H48F2O2. The molecule has 3 fully saturated rings. The summed E-state index contributed by atoms with van der Waals surface area (Å²) in [6, 6.07) is 2.94. The van der Waals surface area contributed by atoms with E-state index in [0.717, 1.165) is 49.4 Å². The fraction of sp³-hybridized carbons (Fsp3) is 0.727. The number of halogens is 2. The summed E-state index contributed by atoms with van der Waals surface area (Å²) in [5, 5.41) is 0. The molecule has 0 spiro atoms. The SMILES string of the molecule is C/C=C/CCc1ccc(OC(=O)C2CCC(C3CCC4CC(CCCCC)CCC4C3)CC2)c(F)c1F. The minimum absolute atomic E-state index is 0.206. The van der Waals surface area contributed by atoms with E-state index in [1.165, 1.54) is 76.3 Å². The maximum atomic E-state index is 14.6. The van der Waals surface area contributed by atoms with Gasteiger partial charge in [0.15, 0.2) is 11.6 Å². The summed E-state index contributed by atoms with van der Waals surface area (Å²) < 4.78 is 34.4. The first kappa shape index (κ1) is 28.3. The van der Waals surface area contributed by atoms with Gasteiger partial charge in [-0.25, -0.2) is 4.39 Å². The number of benzene rings is 1. The molecule has 0 aliphatic heterocycles. The molecule has 4 rings (SSSR count). The van der Waals surface area contributed by atoms with Crippen molar-refractivity contribution in [1.29, 1.82) is 0 Å². The number of rotatable bonds is 10. The molecule has 0 radical (unpaired) electrons. The second kappa shape index (κ2) is 13.9. The van der Waals surface area contributed by atoms with E-state index in [2.05, 4.69) is 6.92 Å². The molecule has 4 heteroatoms. The van der Waals surface area contributed by atoms with Crippen LogP contribution in [0.1, 0.15) is 116 Å². The van der Waals surface area contributed by atoms with Gasteiger partial charge < -0.3 is 4.74 Å². The zero-order valence-corrected chi connectivity index (χ0v) is 23.2. The summed E-state index contributed by atoms with van der Waals surface area (Å²) in [7, 11) is 0. The highest BCUT2D eigenvalue weighted by molar-refractivity contribution is 5.75. The molecule has 206 valence electrons. The van der Waals surface area contributed by atoms with Crippen LogP contribution in [0.4, 0.5) is 8.78 Å². The van der Waals surface area contributed by atoms with E-state index in [1.54, 1.807) is 0 Å². The molecule has 3 aliphatic rings. The quantitative estimate of drug-likeness (QED) is 0.134. The lowest BCUT2D eigenvalue weighted by atomic mass is 9.60. The molecule has 0 bridgehead atoms. The lowest BCUT2D eigenvalue weighted by Gasteiger charge is -2.45. The fourth-order valence-corrected chi connectivity index (χ4v) is 7.66. The molecule has 0 saturated heterocycles. The third kappa shape index (κ3) is 7.45. The van der Waals surface area contributed by atoms with Crippen molar-refractivity contribution < 1.29 is 18.3 Å². The maximum Gasteiger partial charge on any atom is 0.314 e. The van der Waals surface area contributed by atoms with Crippen LogP contribution in [-0.2, 0) is 11.2 Å². The molecule has 4 atom stereocenters. The molecule has 0 aromatic heterocycles. The van der Waals surface area contributed by atoms with Crippen LogP contribution in [0.2, 0.25) is 0 Å². The topological polar surface area (TPSA) is 26.3 Å². The third-order valence-electron chi connectivity index (χ3n) is 9.90. The van der Waals surface area contributed by atoms with E-state index in [4.69, 9.17) is 4.74 Å². The predicted octanol–water partition coefficient (Wildman–Crippen LogP) is 9.60. The summed E-state index contributed by atoms with van der Waals surface area (Å²) in [5.41, 5.74) is 0.315. The molecule has 0 amide bonds. The van der Waals surface area contributed by atoms with Gasteiger partial charge in [0.05, 0.1) is 5.92 Å². The number of hydrogen-bond acceptors (Lipinski definition) is 2. The molecule has 0 heterocycles. The molecular weight excluding hydrogens is 466 g/mol. The Morgan fingerprint density at radius 1 is 0.892 bits per heavy atom. The molecule has 4 unspecified atom stereocenters.